The molecule has 3 nitrogen and oxygen atoms in total. The van der Waals surface area contributed by atoms with Crippen molar-refractivity contribution in [2.45, 2.75) is 96.4 Å². The van der Waals surface area contributed by atoms with Gasteiger partial charge < -0.3 is 0 Å². The molecule has 0 radical (unpaired) electrons. The van der Waals surface area contributed by atoms with E-state index in [9.17, 15) is 14.4 Å². The Labute approximate surface area is 151 Å². The van der Waals surface area contributed by atoms with Crippen LogP contribution in [0.15, 0.2) is 0 Å². The molecule has 0 bridgehead atoms. The monoisotopic (exact) mass is 342 g/mol. The molecule has 0 amide bonds. The number of carbonyl (C=O) groups is 3. The van der Waals surface area contributed by atoms with Crippen LogP contribution in [0.25, 0.3) is 0 Å². The summed E-state index contributed by atoms with van der Waals surface area (Å²) in [7, 11) is 0. The summed E-state index contributed by atoms with van der Waals surface area (Å²) in [6, 6.07) is 0. The highest BCUT2D eigenvalue weighted by Gasteiger charge is 2.23. The molecule has 0 fully saturated rings. The molecule has 0 unspecified atom stereocenters. The number of hydrogen-bond donors (Lipinski definition) is 0. The molecule has 0 saturated heterocycles. The Hall–Kier alpha value is -0.990. The highest BCUT2D eigenvalue weighted by molar-refractivity contribution is 5.85. The van der Waals surface area contributed by atoms with Gasteiger partial charge in [0, 0.05) is 28.6 Å². The maximum Gasteiger partial charge on any atom is 0.140 e. The number of ketones is 3. The van der Waals surface area contributed by atoms with E-state index in [1.165, 1.54) is 0 Å². The molecule has 0 atom stereocenters. The zero-order valence-corrected chi connectivity index (χ0v) is 18.5. The zero-order chi connectivity index (χ0) is 20.5. The topological polar surface area (TPSA) is 51.2 Å². The first kappa shape index (κ1) is 27.8. The van der Waals surface area contributed by atoms with Gasteiger partial charge in [0.2, 0.25) is 0 Å². The summed E-state index contributed by atoms with van der Waals surface area (Å²) in [6.07, 6.45) is 0.656. The van der Waals surface area contributed by atoms with Crippen LogP contribution in [-0.2, 0) is 14.4 Å². The highest BCUT2D eigenvalue weighted by atomic mass is 16.1. The Balaban J connectivity index is -0.000000278. The van der Waals surface area contributed by atoms with E-state index in [2.05, 4.69) is 0 Å². The van der Waals surface area contributed by atoms with Gasteiger partial charge >= 0.3 is 0 Å². The molecule has 0 aliphatic rings. The fourth-order valence-electron chi connectivity index (χ4n) is 1.40. The van der Waals surface area contributed by atoms with Gasteiger partial charge in [0.25, 0.3) is 0 Å². The Bertz CT molecular complexity index is 396. The molecule has 0 aliphatic carbocycles. The van der Waals surface area contributed by atoms with Gasteiger partial charge in [0.1, 0.15) is 17.3 Å². The molecule has 0 aliphatic heterocycles. The van der Waals surface area contributed by atoms with Crippen molar-refractivity contribution in [3.8, 4) is 0 Å². The van der Waals surface area contributed by atoms with Crippen molar-refractivity contribution in [3.05, 3.63) is 0 Å². The van der Waals surface area contributed by atoms with Gasteiger partial charge in [-0.05, 0) is 6.92 Å². The maximum absolute atomic E-state index is 11.2. The molecule has 0 heterocycles. The minimum atomic E-state index is -0.159. The van der Waals surface area contributed by atoms with E-state index in [0.717, 1.165) is 0 Å². The molecule has 3 heteroatoms. The van der Waals surface area contributed by atoms with Gasteiger partial charge in [-0.1, -0.05) is 83.1 Å². The lowest BCUT2D eigenvalue weighted by molar-refractivity contribution is -0.129. The normalized spacial score (nSPS) is 11.8. The van der Waals surface area contributed by atoms with E-state index in [-0.39, 0.29) is 27.9 Å². The fraction of sp³-hybridized carbons (Fsp3) is 0.857. The highest BCUT2D eigenvalue weighted by Crippen LogP contribution is 2.19. The first-order valence-corrected chi connectivity index (χ1v) is 8.87. The Morgan fingerprint density at radius 2 is 1.00 bits per heavy atom. The van der Waals surface area contributed by atoms with Crippen molar-refractivity contribution in [2.24, 2.45) is 22.2 Å². The van der Waals surface area contributed by atoms with Gasteiger partial charge in [-0.2, -0.15) is 0 Å². The van der Waals surface area contributed by atoms with Crippen molar-refractivity contribution in [3.63, 3.8) is 0 Å². The van der Waals surface area contributed by atoms with Crippen LogP contribution in [0.4, 0.5) is 0 Å². The van der Waals surface area contributed by atoms with Crippen molar-refractivity contribution in [2.75, 3.05) is 0 Å². The summed E-state index contributed by atoms with van der Waals surface area (Å²) in [5.41, 5.74) is -0.428. The molecule has 144 valence electrons. The van der Waals surface area contributed by atoms with E-state index >= 15 is 0 Å². The first-order valence-electron chi connectivity index (χ1n) is 8.87. The van der Waals surface area contributed by atoms with E-state index in [0.29, 0.717) is 18.0 Å². The maximum atomic E-state index is 11.2. The second kappa shape index (κ2) is 10.8. The predicted octanol–water partition coefficient (Wildman–Crippen LogP) is 5.89. The molecule has 24 heavy (non-hydrogen) atoms. The van der Waals surface area contributed by atoms with Crippen LogP contribution < -0.4 is 0 Å². The summed E-state index contributed by atoms with van der Waals surface area (Å²) in [5.74, 6) is 1.08. The average Bonchev–Trinajstić information content (AvgIpc) is 2.34. The van der Waals surface area contributed by atoms with Gasteiger partial charge in [-0.3, -0.25) is 14.4 Å². The van der Waals surface area contributed by atoms with Crippen LogP contribution in [0.2, 0.25) is 0 Å². The van der Waals surface area contributed by atoms with Crippen molar-refractivity contribution >= 4 is 17.3 Å². The van der Waals surface area contributed by atoms with Crippen molar-refractivity contribution < 1.29 is 14.4 Å². The van der Waals surface area contributed by atoms with Gasteiger partial charge in [0.15, 0.2) is 0 Å². The minimum absolute atomic E-state index is 0.130. The average molecular weight is 343 g/mol. The summed E-state index contributed by atoms with van der Waals surface area (Å²) in [4.78, 5) is 32.5. The Morgan fingerprint density at radius 3 is 1.00 bits per heavy atom. The molecule has 0 N–H and O–H groups in total. The SMILES string of the molecule is CC(=O)C(C)(C)C.CC(C)C(=O)C(C)(C)C.CCC(=O)C(C)(C)C. The molecular formula is C21H42O3. The molecule has 0 aromatic rings. The largest absolute Gasteiger partial charge is 0.299 e. The second-order valence-corrected chi connectivity index (χ2v) is 9.60. The first-order chi connectivity index (χ1) is 10.3. The molecule has 0 rings (SSSR count). The standard InChI is InChI=1S/C8H16O.C7H14O.C6H12O/c1-6(2)7(9)8(3,4)5;1-5-6(8)7(2,3)4;1-5(7)6(2,3)4/h6H,1-5H3;5H2,1-4H3;1-4H3. The van der Waals surface area contributed by atoms with E-state index < -0.39 is 0 Å². The zero-order valence-electron chi connectivity index (χ0n) is 18.5. The molecule has 0 saturated carbocycles. The molecule has 0 spiro atoms. The van der Waals surface area contributed by atoms with Gasteiger partial charge in [0.05, 0.1) is 0 Å². The smallest absolute Gasteiger partial charge is 0.140 e. The van der Waals surface area contributed by atoms with Crippen molar-refractivity contribution in [1.82, 2.24) is 0 Å². The third kappa shape index (κ3) is 15.9. The predicted molar refractivity (Wildman–Crippen MR) is 104 cm³/mol. The third-order valence-electron chi connectivity index (χ3n) is 3.48. The van der Waals surface area contributed by atoms with Gasteiger partial charge in [-0.15, -0.1) is 0 Å². The van der Waals surface area contributed by atoms with Crippen molar-refractivity contribution in [1.29, 1.82) is 0 Å². The van der Waals surface area contributed by atoms with Crippen LogP contribution in [0.3, 0.4) is 0 Å². The lowest BCUT2D eigenvalue weighted by Gasteiger charge is -2.18. The third-order valence-corrected chi connectivity index (χ3v) is 3.48. The number of hydrogen-bond acceptors (Lipinski definition) is 3. The van der Waals surface area contributed by atoms with E-state index in [1.807, 2.05) is 83.1 Å². The Morgan fingerprint density at radius 1 is 0.708 bits per heavy atom. The van der Waals surface area contributed by atoms with Gasteiger partial charge in [-0.25, -0.2) is 0 Å². The van der Waals surface area contributed by atoms with Crippen LogP contribution in [0, 0.1) is 22.2 Å². The number of carbonyl (C=O) groups excluding carboxylic acids is 3. The molecular weight excluding hydrogens is 300 g/mol. The lowest BCUT2D eigenvalue weighted by Crippen LogP contribution is -2.24. The Kier molecular flexibility index (Phi) is 12.5. The minimum Gasteiger partial charge on any atom is -0.299 e. The summed E-state index contributed by atoms with van der Waals surface area (Å²) >= 11 is 0. The van der Waals surface area contributed by atoms with Crippen LogP contribution in [0.5, 0.6) is 0 Å². The van der Waals surface area contributed by atoms with Crippen LogP contribution in [-0.4, -0.2) is 17.3 Å². The van der Waals surface area contributed by atoms with Crippen LogP contribution >= 0.6 is 0 Å². The quantitative estimate of drug-likeness (QED) is 0.628. The summed E-state index contributed by atoms with van der Waals surface area (Å²) < 4.78 is 0. The summed E-state index contributed by atoms with van der Waals surface area (Å²) in [6.45, 7) is 24.8. The molecule has 0 aromatic heterocycles. The number of Topliss-reactive ketones (excluding diaryl/α,β-unsaturated/α-hetero) is 3. The van der Waals surface area contributed by atoms with E-state index in [1.54, 1.807) is 6.92 Å². The van der Waals surface area contributed by atoms with E-state index in [4.69, 9.17) is 0 Å². The summed E-state index contributed by atoms with van der Waals surface area (Å²) in [5, 5.41) is 0. The van der Waals surface area contributed by atoms with Crippen LogP contribution in [0.1, 0.15) is 96.4 Å². The number of rotatable bonds is 2. The fourth-order valence-corrected chi connectivity index (χ4v) is 1.40. The lowest BCUT2D eigenvalue weighted by atomic mass is 9.85. The molecule has 0 aromatic carbocycles. The second-order valence-electron chi connectivity index (χ2n) is 9.60.